The van der Waals surface area contributed by atoms with E-state index in [4.69, 9.17) is 0 Å². The fourth-order valence-corrected chi connectivity index (χ4v) is 3.39. The second kappa shape index (κ2) is 6.64. The van der Waals surface area contributed by atoms with Gasteiger partial charge in [-0.3, -0.25) is 9.59 Å². The maximum atomic E-state index is 13.2. The van der Waals surface area contributed by atoms with Crippen molar-refractivity contribution in [3.63, 3.8) is 0 Å². The summed E-state index contributed by atoms with van der Waals surface area (Å²) < 4.78 is 26.5. The van der Waals surface area contributed by atoms with Crippen LogP contribution in [0.3, 0.4) is 0 Å². The van der Waals surface area contributed by atoms with E-state index < -0.39 is 11.6 Å². The van der Waals surface area contributed by atoms with Crippen molar-refractivity contribution >= 4 is 11.8 Å². The van der Waals surface area contributed by atoms with Crippen LogP contribution >= 0.6 is 0 Å². The molecule has 6 heteroatoms. The molecule has 2 saturated heterocycles. The Balaban J connectivity index is 1.59. The topological polar surface area (TPSA) is 40.6 Å². The van der Waals surface area contributed by atoms with Crippen molar-refractivity contribution in [1.29, 1.82) is 0 Å². The minimum absolute atomic E-state index is 0.0202. The molecule has 0 unspecified atom stereocenters. The van der Waals surface area contributed by atoms with E-state index in [1.165, 1.54) is 0 Å². The van der Waals surface area contributed by atoms with Gasteiger partial charge in [-0.2, -0.15) is 0 Å². The van der Waals surface area contributed by atoms with E-state index >= 15 is 0 Å². The lowest BCUT2D eigenvalue weighted by atomic mass is 9.95. The normalized spacial score (nSPS) is 19.2. The molecule has 124 valence electrons. The number of carbonyl (C=O) groups excluding carboxylic acids is 2. The Labute approximate surface area is 134 Å². The average Bonchev–Trinajstić information content (AvgIpc) is 3.07. The Morgan fingerprint density at radius 3 is 2.00 bits per heavy atom. The number of rotatable bonds is 2. The molecule has 23 heavy (non-hydrogen) atoms. The predicted octanol–water partition coefficient (Wildman–Crippen LogP) is 2.44. The largest absolute Gasteiger partial charge is 0.342 e. The maximum Gasteiger partial charge on any atom is 0.254 e. The zero-order valence-corrected chi connectivity index (χ0v) is 12.9. The van der Waals surface area contributed by atoms with Crippen LogP contribution in [0, 0.1) is 17.6 Å². The quantitative estimate of drug-likeness (QED) is 0.839. The van der Waals surface area contributed by atoms with Crippen molar-refractivity contribution in [3.8, 4) is 0 Å². The molecule has 1 aromatic carbocycles. The van der Waals surface area contributed by atoms with Gasteiger partial charge in [0.2, 0.25) is 5.91 Å². The molecule has 0 spiro atoms. The number of likely N-dealkylation sites (tertiary alicyclic amines) is 2. The minimum atomic E-state index is -0.757. The average molecular weight is 322 g/mol. The summed E-state index contributed by atoms with van der Waals surface area (Å²) in [6.45, 7) is 2.56. The van der Waals surface area contributed by atoms with Crippen LogP contribution in [0.4, 0.5) is 8.78 Å². The Morgan fingerprint density at radius 2 is 1.43 bits per heavy atom. The smallest absolute Gasteiger partial charge is 0.254 e. The van der Waals surface area contributed by atoms with Gasteiger partial charge in [-0.05, 0) is 37.8 Å². The Morgan fingerprint density at radius 1 is 0.870 bits per heavy atom. The highest BCUT2D eigenvalue weighted by molar-refractivity contribution is 5.94. The van der Waals surface area contributed by atoms with Crippen LogP contribution in [-0.2, 0) is 4.79 Å². The molecule has 2 amide bonds. The zero-order valence-electron chi connectivity index (χ0n) is 12.9. The molecule has 0 aromatic heterocycles. The van der Waals surface area contributed by atoms with Crippen LogP contribution < -0.4 is 0 Å². The summed E-state index contributed by atoms with van der Waals surface area (Å²) in [4.78, 5) is 28.2. The molecule has 0 bridgehead atoms. The molecule has 4 nitrogen and oxygen atoms in total. The first-order valence-corrected chi connectivity index (χ1v) is 8.09. The fraction of sp³-hybridized carbons (Fsp3) is 0.529. The number of benzene rings is 1. The molecule has 0 atom stereocenters. The van der Waals surface area contributed by atoms with Crippen molar-refractivity contribution < 1.29 is 18.4 Å². The van der Waals surface area contributed by atoms with E-state index in [2.05, 4.69) is 0 Å². The zero-order chi connectivity index (χ0) is 16.4. The third-order valence-corrected chi connectivity index (χ3v) is 4.66. The van der Waals surface area contributed by atoms with E-state index in [-0.39, 0.29) is 23.3 Å². The molecule has 0 radical (unpaired) electrons. The summed E-state index contributed by atoms with van der Waals surface area (Å²) in [5, 5.41) is 0. The first-order valence-electron chi connectivity index (χ1n) is 8.09. The van der Waals surface area contributed by atoms with Gasteiger partial charge in [0.25, 0.3) is 5.91 Å². The molecule has 2 heterocycles. The molecular weight excluding hydrogens is 302 g/mol. The van der Waals surface area contributed by atoms with Gasteiger partial charge in [0, 0.05) is 43.7 Å². The van der Waals surface area contributed by atoms with Gasteiger partial charge in [-0.25, -0.2) is 8.78 Å². The monoisotopic (exact) mass is 322 g/mol. The molecule has 1 aromatic rings. The molecule has 0 N–H and O–H groups in total. The highest BCUT2D eigenvalue weighted by Crippen LogP contribution is 2.23. The van der Waals surface area contributed by atoms with Gasteiger partial charge in [-0.15, -0.1) is 0 Å². The number of amides is 2. The molecule has 2 aliphatic rings. The van der Waals surface area contributed by atoms with Crippen LogP contribution in [0.5, 0.6) is 0 Å². The van der Waals surface area contributed by atoms with Gasteiger partial charge >= 0.3 is 0 Å². The lowest BCUT2D eigenvalue weighted by molar-refractivity contribution is -0.135. The molecule has 2 aliphatic heterocycles. The van der Waals surface area contributed by atoms with Gasteiger partial charge in [0.05, 0.1) is 0 Å². The molecular formula is C17H20F2N2O2. The molecule has 3 rings (SSSR count). The van der Waals surface area contributed by atoms with Crippen molar-refractivity contribution in [2.24, 2.45) is 5.92 Å². The second-order valence-electron chi connectivity index (χ2n) is 6.26. The standard InChI is InChI=1S/C17H20F2N2O2/c18-14-9-13(10-15(19)11-14)17(23)21-7-3-12(4-8-21)16(22)20-5-1-2-6-20/h9-12H,1-8H2. The predicted molar refractivity (Wildman–Crippen MR) is 80.8 cm³/mol. The lowest BCUT2D eigenvalue weighted by Crippen LogP contribution is -2.43. The van der Waals surface area contributed by atoms with Crippen molar-refractivity contribution in [3.05, 3.63) is 35.4 Å². The van der Waals surface area contributed by atoms with Crippen LogP contribution in [0.1, 0.15) is 36.0 Å². The summed E-state index contributed by atoms with van der Waals surface area (Å²) in [6, 6.07) is 2.84. The second-order valence-corrected chi connectivity index (χ2v) is 6.26. The fourth-order valence-electron chi connectivity index (χ4n) is 3.39. The van der Waals surface area contributed by atoms with Gasteiger partial charge in [-0.1, -0.05) is 0 Å². The molecule has 0 saturated carbocycles. The molecule has 2 fully saturated rings. The van der Waals surface area contributed by atoms with Crippen LogP contribution in [0.25, 0.3) is 0 Å². The summed E-state index contributed by atoms with van der Waals surface area (Å²) >= 11 is 0. The summed E-state index contributed by atoms with van der Waals surface area (Å²) in [5.41, 5.74) is 0.0202. The Bertz CT molecular complexity index is 586. The van der Waals surface area contributed by atoms with E-state index in [0.717, 1.165) is 44.1 Å². The maximum absolute atomic E-state index is 13.2. The first-order chi connectivity index (χ1) is 11.0. The van der Waals surface area contributed by atoms with Crippen LogP contribution in [0.2, 0.25) is 0 Å². The highest BCUT2D eigenvalue weighted by atomic mass is 19.1. The Kier molecular flexibility index (Phi) is 4.59. The lowest BCUT2D eigenvalue weighted by Gasteiger charge is -2.33. The summed E-state index contributed by atoms with van der Waals surface area (Å²) in [6.07, 6.45) is 3.35. The van der Waals surface area contributed by atoms with Crippen molar-refractivity contribution in [2.45, 2.75) is 25.7 Å². The SMILES string of the molecule is O=C(c1cc(F)cc(F)c1)N1CCC(C(=O)N2CCCC2)CC1. The summed E-state index contributed by atoms with van der Waals surface area (Å²) in [5.74, 6) is -1.75. The minimum Gasteiger partial charge on any atom is -0.342 e. The molecule has 0 aliphatic carbocycles. The van der Waals surface area contributed by atoms with E-state index in [1.54, 1.807) is 4.90 Å². The van der Waals surface area contributed by atoms with Crippen molar-refractivity contribution in [2.75, 3.05) is 26.2 Å². The van der Waals surface area contributed by atoms with E-state index in [9.17, 15) is 18.4 Å². The van der Waals surface area contributed by atoms with Crippen LogP contribution in [0.15, 0.2) is 18.2 Å². The summed E-state index contributed by atoms with van der Waals surface area (Å²) in [7, 11) is 0. The van der Waals surface area contributed by atoms with Gasteiger partial charge in [0.1, 0.15) is 11.6 Å². The number of halogens is 2. The van der Waals surface area contributed by atoms with Gasteiger partial charge in [0.15, 0.2) is 0 Å². The number of hydrogen-bond donors (Lipinski definition) is 0. The third-order valence-electron chi connectivity index (χ3n) is 4.66. The van der Waals surface area contributed by atoms with Crippen molar-refractivity contribution in [1.82, 2.24) is 9.80 Å². The van der Waals surface area contributed by atoms with E-state index in [1.807, 2.05) is 4.90 Å². The number of hydrogen-bond acceptors (Lipinski definition) is 2. The number of nitrogens with zero attached hydrogens (tertiary/aromatic N) is 2. The van der Waals surface area contributed by atoms with E-state index in [0.29, 0.717) is 25.9 Å². The number of carbonyl (C=O) groups is 2. The first kappa shape index (κ1) is 15.9. The highest BCUT2D eigenvalue weighted by Gasteiger charge is 2.31. The Hall–Kier alpha value is -1.98. The van der Waals surface area contributed by atoms with Gasteiger partial charge < -0.3 is 9.80 Å². The van der Waals surface area contributed by atoms with Crippen LogP contribution in [-0.4, -0.2) is 47.8 Å². The number of piperidine rings is 1. The third kappa shape index (κ3) is 3.51.